The zero-order chi connectivity index (χ0) is 13.4. The van der Waals surface area contributed by atoms with Gasteiger partial charge in [-0.2, -0.15) is 0 Å². The van der Waals surface area contributed by atoms with Crippen LogP contribution in [-0.4, -0.2) is 19.0 Å². The second kappa shape index (κ2) is 7.88. The molecule has 1 unspecified atom stereocenters. The van der Waals surface area contributed by atoms with Crippen molar-refractivity contribution < 1.29 is 4.79 Å². The molecule has 1 atom stereocenters. The minimum absolute atomic E-state index is 0.0136. The number of benzene rings is 1. The van der Waals surface area contributed by atoms with Gasteiger partial charge in [0.15, 0.2) is 0 Å². The van der Waals surface area contributed by atoms with E-state index in [1.54, 1.807) is 0 Å². The van der Waals surface area contributed by atoms with Gasteiger partial charge in [-0.15, -0.1) is 0 Å². The molecule has 0 radical (unpaired) electrons. The Morgan fingerprint density at radius 2 is 1.89 bits per heavy atom. The number of anilines is 1. The number of carbonyl (C=O) groups excluding carboxylic acids is 1. The van der Waals surface area contributed by atoms with Gasteiger partial charge in [-0.05, 0) is 30.7 Å². The monoisotopic (exact) mass is 248 g/mol. The molecule has 0 saturated heterocycles. The summed E-state index contributed by atoms with van der Waals surface area (Å²) in [6, 6.07) is 8.11. The average Bonchev–Trinajstić information content (AvgIpc) is 2.38. The summed E-state index contributed by atoms with van der Waals surface area (Å²) in [5.74, 6) is 0.0551. The fraction of sp³-hybridized carbons (Fsp3) is 0.533. The van der Waals surface area contributed by atoms with Crippen molar-refractivity contribution in [3.05, 3.63) is 29.8 Å². The Balaban J connectivity index is 2.48. The normalized spacial score (nSPS) is 12.2. The molecule has 0 saturated carbocycles. The summed E-state index contributed by atoms with van der Waals surface area (Å²) < 4.78 is 0. The zero-order valence-electron chi connectivity index (χ0n) is 11.6. The first-order valence-electron chi connectivity index (χ1n) is 6.77. The molecule has 0 fully saturated rings. The van der Waals surface area contributed by atoms with E-state index in [-0.39, 0.29) is 11.8 Å². The molecule has 1 aromatic carbocycles. The first kappa shape index (κ1) is 14.7. The first-order chi connectivity index (χ1) is 8.67. The van der Waals surface area contributed by atoms with Crippen LogP contribution in [-0.2, 0) is 11.2 Å². The van der Waals surface area contributed by atoms with Crippen LogP contribution in [0.2, 0.25) is 0 Å². The van der Waals surface area contributed by atoms with Crippen LogP contribution in [0.4, 0.5) is 5.69 Å². The molecule has 1 amide bonds. The lowest BCUT2D eigenvalue weighted by molar-refractivity contribution is -0.119. The molecule has 0 aliphatic rings. The summed E-state index contributed by atoms with van der Waals surface area (Å²) >= 11 is 0. The van der Waals surface area contributed by atoms with Crippen molar-refractivity contribution in [1.29, 1.82) is 0 Å². The van der Waals surface area contributed by atoms with E-state index in [0.29, 0.717) is 0 Å². The number of nitrogens with one attached hydrogen (secondary N) is 2. The van der Waals surface area contributed by atoms with Crippen LogP contribution in [0.1, 0.15) is 32.8 Å². The third-order valence-corrected chi connectivity index (χ3v) is 2.91. The van der Waals surface area contributed by atoms with Gasteiger partial charge < -0.3 is 10.6 Å². The Labute approximate surface area is 110 Å². The summed E-state index contributed by atoms with van der Waals surface area (Å²) in [5, 5.41) is 6.12. The van der Waals surface area contributed by atoms with Gasteiger partial charge in [-0.3, -0.25) is 4.79 Å². The number of hydrogen-bond donors (Lipinski definition) is 2. The van der Waals surface area contributed by atoms with Gasteiger partial charge in [0.25, 0.3) is 0 Å². The molecule has 0 bridgehead atoms. The molecule has 18 heavy (non-hydrogen) atoms. The standard InChI is InChI=1S/C15H24N2O/c1-4-6-13-7-9-14(10-8-13)17-15(18)12(3)11-16-5-2/h7-10,12,16H,4-6,11H2,1-3H3,(H,17,18). The number of amides is 1. The summed E-state index contributed by atoms with van der Waals surface area (Å²) in [6.07, 6.45) is 2.23. The zero-order valence-corrected chi connectivity index (χ0v) is 11.6. The van der Waals surface area contributed by atoms with Crippen LogP contribution in [0.5, 0.6) is 0 Å². The van der Waals surface area contributed by atoms with E-state index in [1.807, 2.05) is 26.0 Å². The molecular weight excluding hydrogens is 224 g/mol. The maximum atomic E-state index is 11.9. The van der Waals surface area contributed by atoms with Crippen molar-refractivity contribution in [3.63, 3.8) is 0 Å². The van der Waals surface area contributed by atoms with Crippen LogP contribution < -0.4 is 10.6 Å². The summed E-state index contributed by atoms with van der Waals surface area (Å²) in [7, 11) is 0. The number of aryl methyl sites for hydroxylation is 1. The molecule has 0 aromatic heterocycles. The fourth-order valence-corrected chi connectivity index (χ4v) is 1.76. The van der Waals surface area contributed by atoms with E-state index in [1.165, 1.54) is 5.56 Å². The summed E-state index contributed by atoms with van der Waals surface area (Å²) in [4.78, 5) is 11.9. The van der Waals surface area contributed by atoms with Gasteiger partial charge in [0, 0.05) is 18.2 Å². The second-order valence-corrected chi connectivity index (χ2v) is 4.64. The van der Waals surface area contributed by atoms with Crippen LogP contribution in [0.3, 0.4) is 0 Å². The van der Waals surface area contributed by atoms with E-state index >= 15 is 0 Å². The van der Waals surface area contributed by atoms with E-state index < -0.39 is 0 Å². The molecule has 0 spiro atoms. The average molecular weight is 248 g/mol. The minimum atomic E-state index is -0.0136. The molecule has 100 valence electrons. The first-order valence-corrected chi connectivity index (χ1v) is 6.77. The largest absolute Gasteiger partial charge is 0.326 e. The SMILES string of the molecule is CCCc1ccc(NC(=O)C(C)CNCC)cc1. The molecule has 0 aliphatic heterocycles. The molecule has 0 aliphatic carbocycles. The Kier molecular flexibility index (Phi) is 6.44. The van der Waals surface area contributed by atoms with Gasteiger partial charge in [0.2, 0.25) is 5.91 Å². The summed E-state index contributed by atoms with van der Waals surface area (Å²) in [6.45, 7) is 7.75. The fourth-order valence-electron chi connectivity index (χ4n) is 1.76. The van der Waals surface area contributed by atoms with Crippen LogP contribution in [0.15, 0.2) is 24.3 Å². The highest BCUT2D eigenvalue weighted by Crippen LogP contribution is 2.12. The minimum Gasteiger partial charge on any atom is -0.326 e. The van der Waals surface area contributed by atoms with Gasteiger partial charge in [-0.25, -0.2) is 0 Å². The van der Waals surface area contributed by atoms with Gasteiger partial charge in [-0.1, -0.05) is 39.3 Å². The Hall–Kier alpha value is -1.35. The highest BCUT2D eigenvalue weighted by atomic mass is 16.1. The molecule has 1 rings (SSSR count). The predicted octanol–water partition coefficient (Wildman–Crippen LogP) is 2.82. The lowest BCUT2D eigenvalue weighted by Gasteiger charge is -2.12. The highest BCUT2D eigenvalue weighted by Gasteiger charge is 2.11. The van der Waals surface area contributed by atoms with Crippen molar-refractivity contribution in [2.75, 3.05) is 18.4 Å². The second-order valence-electron chi connectivity index (χ2n) is 4.64. The molecule has 2 N–H and O–H groups in total. The van der Waals surface area contributed by atoms with E-state index in [9.17, 15) is 4.79 Å². The maximum Gasteiger partial charge on any atom is 0.228 e. The number of hydrogen-bond acceptors (Lipinski definition) is 2. The lowest BCUT2D eigenvalue weighted by Crippen LogP contribution is -2.30. The Morgan fingerprint density at radius 3 is 2.44 bits per heavy atom. The molecule has 3 nitrogen and oxygen atoms in total. The molecule has 3 heteroatoms. The van der Waals surface area contributed by atoms with Gasteiger partial charge >= 0.3 is 0 Å². The third kappa shape index (κ3) is 4.88. The van der Waals surface area contributed by atoms with Crippen molar-refractivity contribution in [2.24, 2.45) is 5.92 Å². The van der Waals surface area contributed by atoms with Crippen molar-refractivity contribution in [3.8, 4) is 0 Å². The highest BCUT2D eigenvalue weighted by molar-refractivity contribution is 5.92. The molecular formula is C15H24N2O. The van der Waals surface area contributed by atoms with Gasteiger partial charge in [0.05, 0.1) is 0 Å². The predicted molar refractivity (Wildman–Crippen MR) is 76.8 cm³/mol. The van der Waals surface area contributed by atoms with E-state index in [2.05, 4.69) is 29.7 Å². The quantitative estimate of drug-likeness (QED) is 0.779. The van der Waals surface area contributed by atoms with Crippen LogP contribution in [0.25, 0.3) is 0 Å². The van der Waals surface area contributed by atoms with Crippen molar-refractivity contribution >= 4 is 11.6 Å². The Morgan fingerprint density at radius 1 is 1.22 bits per heavy atom. The van der Waals surface area contributed by atoms with Gasteiger partial charge in [0.1, 0.15) is 0 Å². The number of carbonyl (C=O) groups is 1. The Bertz CT molecular complexity index is 359. The summed E-state index contributed by atoms with van der Waals surface area (Å²) in [5.41, 5.74) is 2.19. The smallest absolute Gasteiger partial charge is 0.228 e. The number of rotatable bonds is 7. The molecule has 0 heterocycles. The third-order valence-electron chi connectivity index (χ3n) is 2.91. The van der Waals surface area contributed by atoms with Crippen LogP contribution >= 0.6 is 0 Å². The lowest BCUT2D eigenvalue weighted by atomic mass is 10.1. The maximum absolute atomic E-state index is 11.9. The van der Waals surface area contributed by atoms with E-state index in [4.69, 9.17) is 0 Å². The van der Waals surface area contributed by atoms with Crippen molar-refractivity contribution in [2.45, 2.75) is 33.6 Å². The van der Waals surface area contributed by atoms with Crippen LogP contribution in [0, 0.1) is 5.92 Å². The van der Waals surface area contributed by atoms with E-state index in [0.717, 1.165) is 31.6 Å². The molecule has 1 aromatic rings. The van der Waals surface area contributed by atoms with Crippen molar-refractivity contribution in [1.82, 2.24) is 5.32 Å². The topological polar surface area (TPSA) is 41.1 Å².